The van der Waals surface area contributed by atoms with Crippen molar-refractivity contribution in [2.45, 2.75) is 50.2 Å². The van der Waals surface area contributed by atoms with Crippen LogP contribution in [0, 0.1) is 0 Å². The van der Waals surface area contributed by atoms with Crippen LogP contribution in [0.5, 0.6) is 5.75 Å². The molecule has 0 radical (unpaired) electrons. The number of hydrogen-bond donors (Lipinski definition) is 2. The highest BCUT2D eigenvalue weighted by Crippen LogP contribution is 2.41. The van der Waals surface area contributed by atoms with Gasteiger partial charge in [-0.1, -0.05) is 55.1 Å². The number of amides is 1. The number of piperazine rings is 1. The first-order valence-corrected chi connectivity index (χ1v) is 18.6. The van der Waals surface area contributed by atoms with E-state index >= 15 is 0 Å². The van der Waals surface area contributed by atoms with E-state index in [9.17, 15) is 4.79 Å². The topological polar surface area (TPSA) is 98.3 Å². The third kappa shape index (κ3) is 7.48. The Labute approximate surface area is 306 Å². The van der Waals surface area contributed by atoms with Crippen LogP contribution >= 0.6 is 0 Å². The molecule has 0 spiro atoms. The maximum Gasteiger partial charge on any atom is 0.247 e. The Morgan fingerprint density at radius 1 is 0.827 bits per heavy atom. The molecule has 2 N–H and O–H groups in total. The van der Waals surface area contributed by atoms with Crippen LogP contribution in [0.4, 0.5) is 28.7 Å². The van der Waals surface area contributed by atoms with Crippen LogP contribution in [0.3, 0.4) is 0 Å². The Bertz CT molecular complexity index is 1870. The summed E-state index contributed by atoms with van der Waals surface area (Å²) in [5, 5.41) is 8.37. The van der Waals surface area contributed by atoms with E-state index in [1.807, 2.05) is 29.3 Å². The number of benzene rings is 3. The van der Waals surface area contributed by atoms with Gasteiger partial charge in [-0.25, -0.2) is 15.0 Å². The summed E-state index contributed by atoms with van der Waals surface area (Å²) in [6, 6.07) is 26.2. The van der Waals surface area contributed by atoms with Gasteiger partial charge in [0.15, 0.2) is 5.82 Å². The number of hydroxylamine groups is 1. The number of carbonyl (C=O) groups excluding carboxylic acids is 1. The van der Waals surface area contributed by atoms with Gasteiger partial charge in [0, 0.05) is 69.9 Å². The fourth-order valence-electron chi connectivity index (χ4n) is 7.99. The van der Waals surface area contributed by atoms with E-state index in [-0.39, 0.29) is 11.9 Å². The van der Waals surface area contributed by atoms with Gasteiger partial charge < -0.3 is 20.3 Å². The molecule has 4 aromatic rings. The summed E-state index contributed by atoms with van der Waals surface area (Å²) in [6.45, 7) is 10.8. The van der Waals surface area contributed by atoms with Crippen molar-refractivity contribution in [2.75, 3.05) is 73.6 Å². The van der Waals surface area contributed by atoms with E-state index in [0.717, 1.165) is 68.3 Å². The minimum atomic E-state index is -0.265. The van der Waals surface area contributed by atoms with Crippen LogP contribution in [0.15, 0.2) is 91.8 Å². The van der Waals surface area contributed by atoms with Crippen LogP contribution in [0.25, 0.3) is 11.1 Å². The van der Waals surface area contributed by atoms with Crippen LogP contribution < -0.4 is 25.3 Å². The molecule has 3 aliphatic heterocycles. The van der Waals surface area contributed by atoms with Gasteiger partial charge in [-0.15, -0.1) is 0 Å². The number of aromatic nitrogens is 2. The number of anilines is 5. The average Bonchev–Trinajstić information content (AvgIpc) is 3.94. The molecule has 1 amide bonds. The van der Waals surface area contributed by atoms with Crippen molar-refractivity contribution >= 4 is 34.6 Å². The van der Waals surface area contributed by atoms with E-state index in [1.165, 1.54) is 43.9 Å². The highest BCUT2D eigenvalue weighted by Gasteiger charge is 2.34. The summed E-state index contributed by atoms with van der Waals surface area (Å²) in [4.78, 5) is 35.7. The summed E-state index contributed by atoms with van der Waals surface area (Å²) < 4.78 is 5.93. The van der Waals surface area contributed by atoms with Crippen molar-refractivity contribution in [3.05, 3.63) is 97.3 Å². The SMILES string of the molecule is C=CC(=O)Nc1cc(Nc2cc(N3OCCC3c3cccc(-c4ccccc4)c3)ncn2)c(OC)cc1N1CCC(N2CCN(C3CC3)CC2)CC1. The molecule has 4 heterocycles. The normalized spacial score (nSPS) is 20.1. The molecule has 3 aromatic carbocycles. The summed E-state index contributed by atoms with van der Waals surface area (Å²) in [6.07, 6.45) is 8.59. The van der Waals surface area contributed by atoms with Gasteiger partial charge in [0.05, 0.1) is 36.8 Å². The molecule has 11 nitrogen and oxygen atoms in total. The van der Waals surface area contributed by atoms with Crippen LogP contribution in [-0.2, 0) is 9.63 Å². The van der Waals surface area contributed by atoms with Crippen LogP contribution in [0.1, 0.15) is 43.7 Å². The molecule has 11 heteroatoms. The Hall–Kier alpha value is -4.97. The van der Waals surface area contributed by atoms with Crippen molar-refractivity contribution in [3.63, 3.8) is 0 Å². The quantitative estimate of drug-likeness (QED) is 0.166. The van der Waals surface area contributed by atoms with E-state index in [2.05, 4.69) is 90.4 Å². The van der Waals surface area contributed by atoms with Crippen LogP contribution in [-0.4, -0.2) is 90.7 Å². The lowest BCUT2D eigenvalue weighted by molar-refractivity contribution is -0.111. The van der Waals surface area contributed by atoms with Gasteiger partial charge in [0.1, 0.15) is 17.9 Å². The van der Waals surface area contributed by atoms with E-state index in [4.69, 9.17) is 9.57 Å². The molecule has 3 saturated heterocycles. The van der Waals surface area contributed by atoms with Crippen molar-refractivity contribution in [1.82, 2.24) is 19.8 Å². The zero-order valence-corrected chi connectivity index (χ0v) is 29.9. The Kier molecular flexibility index (Phi) is 10.1. The number of nitrogens with zero attached hydrogens (tertiary/aromatic N) is 6. The second-order valence-electron chi connectivity index (χ2n) is 14.1. The fourth-order valence-corrected chi connectivity index (χ4v) is 7.99. The van der Waals surface area contributed by atoms with E-state index in [1.54, 1.807) is 7.11 Å². The third-order valence-corrected chi connectivity index (χ3v) is 10.9. The van der Waals surface area contributed by atoms with Crippen LogP contribution in [0.2, 0.25) is 0 Å². The lowest BCUT2D eigenvalue weighted by Crippen LogP contribution is -2.53. The molecule has 4 fully saturated rings. The number of methoxy groups -OCH3 is 1. The maximum absolute atomic E-state index is 12.7. The second kappa shape index (κ2) is 15.3. The second-order valence-corrected chi connectivity index (χ2v) is 14.1. The molecule has 270 valence electrons. The maximum atomic E-state index is 12.7. The molecule has 52 heavy (non-hydrogen) atoms. The average molecular weight is 701 g/mol. The molecular weight excluding hydrogens is 653 g/mol. The lowest BCUT2D eigenvalue weighted by atomic mass is 9.98. The number of piperidine rings is 1. The van der Waals surface area contributed by atoms with Gasteiger partial charge in [-0.05, 0) is 60.6 Å². The number of carbonyl (C=O) groups is 1. The minimum absolute atomic E-state index is 0.00237. The Morgan fingerprint density at radius 2 is 1.56 bits per heavy atom. The first-order valence-electron chi connectivity index (χ1n) is 18.6. The first kappa shape index (κ1) is 34.1. The predicted molar refractivity (Wildman–Crippen MR) is 206 cm³/mol. The largest absolute Gasteiger partial charge is 0.494 e. The van der Waals surface area contributed by atoms with Gasteiger partial charge in [-0.3, -0.25) is 19.4 Å². The third-order valence-electron chi connectivity index (χ3n) is 10.9. The van der Waals surface area contributed by atoms with Crippen molar-refractivity contribution in [3.8, 4) is 16.9 Å². The highest BCUT2D eigenvalue weighted by atomic mass is 16.7. The zero-order chi connectivity index (χ0) is 35.4. The molecule has 1 atom stereocenters. The highest BCUT2D eigenvalue weighted by molar-refractivity contribution is 6.02. The predicted octanol–water partition coefficient (Wildman–Crippen LogP) is 6.65. The first-order chi connectivity index (χ1) is 25.6. The fraction of sp³-hybridized carbons (Fsp3) is 0.390. The summed E-state index contributed by atoms with van der Waals surface area (Å²) >= 11 is 0. The van der Waals surface area contributed by atoms with E-state index in [0.29, 0.717) is 41.4 Å². The standard InChI is InChI=1S/C41H48N8O3/c1-3-41(50)45-34-25-35(38(51-2)26-37(34)48-17-14-33(15-18-48)47-21-19-46(20-22-47)32-12-13-32)44-39-27-40(43-28-42-39)49-36(16-23-52-49)31-11-7-10-30(24-31)29-8-5-4-6-9-29/h3-11,24-28,32-33,36H,1,12-23H2,2H3,(H,45,50)(H,42,43,44). The van der Waals surface area contributed by atoms with Gasteiger partial charge in [0.25, 0.3) is 0 Å². The lowest BCUT2D eigenvalue weighted by Gasteiger charge is -2.43. The minimum Gasteiger partial charge on any atom is -0.494 e. The van der Waals surface area contributed by atoms with Gasteiger partial charge in [0.2, 0.25) is 5.91 Å². The Morgan fingerprint density at radius 3 is 2.27 bits per heavy atom. The zero-order valence-electron chi connectivity index (χ0n) is 29.9. The molecule has 1 saturated carbocycles. The molecule has 1 aromatic heterocycles. The van der Waals surface area contributed by atoms with E-state index < -0.39 is 0 Å². The molecule has 8 rings (SSSR count). The number of nitrogens with one attached hydrogen (secondary N) is 2. The summed E-state index contributed by atoms with van der Waals surface area (Å²) in [5.41, 5.74) is 5.80. The number of rotatable bonds is 11. The number of hydrogen-bond acceptors (Lipinski definition) is 10. The van der Waals surface area contributed by atoms with Crippen molar-refractivity contribution in [1.29, 1.82) is 0 Å². The molecule has 4 aliphatic rings. The van der Waals surface area contributed by atoms with Gasteiger partial charge in [-0.2, -0.15) is 0 Å². The van der Waals surface area contributed by atoms with Crippen molar-refractivity contribution in [2.24, 2.45) is 0 Å². The van der Waals surface area contributed by atoms with Crippen molar-refractivity contribution < 1.29 is 14.4 Å². The molecular formula is C41H48N8O3. The number of ether oxygens (including phenoxy) is 1. The summed E-state index contributed by atoms with van der Waals surface area (Å²) in [7, 11) is 1.66. The Balaban J connectivity index is 0.993. The smallest absolute Gasteiger partial charge is 0.247 e. The molecule has 1 aliphatic carbocycles. The molecule has 0 bridgehead atoms. The summed E-state index contributed by atoms with van der Waals surface area (Å²) in [5.74, 6) is 1.61. The molecule has 1 unspecified atom stereocenters. The van der Waals surface area contributed by atoms with Gasteiger partial charge >= 0.3 is 0 Å². The monoisotopic (exact) mass is 700 g/mol.